The summed E-state index contributed by atoms with van der Waals surface area (Å²) in [4.78, 5) is 5.49. The van der Waals surface area contributed by atoms with Crippen molar-refractivity contribution in [3.63, 3.8) is 0 Å². The van der Waals surface area contributed by atoms with Crippen LogP contribution in [-0.2, 0) is 4.74 Å². The maximum atomic E-state index is 9.45. The second-order valence-electron chi connectivity index (χ2n) is 3.55. The number of rotatable bonds is 6. The van der Waals surface area contributed by atoms with Crippen LogP contribution in [0.4, 0.5) is 0 Å². The Morgan fingerprint density at radius 1 is 1.67 bits per heavy atom. The third kappa shape index (κ3) is 4.25. The molecule has 15 heavy (non-hydrogen) atoms. The number of hydrogen-bond donors (Lipinski definition) is 2. The Morgan fingerprint density at radius 3 is 2.93 bits per heavy atom. The van der Waals surface area contributed by atoms with Crippen LogP contribution in [-0.4, -0.2) is 36.5 Å². The summed E-state index contributed by atoms with van der Waals surface area (Å²) >= 11 is 1.67. The molecule has 86 valence electrons. The molecule has 5 heteroatoms. The number of nitrogens with one attached hydrogen (secondary N) is 1. The predicted octanol–water partition coefficient (Wildman–Crippen LogP) is 1.11. The summed E-state index contributed by atoms with van der Waals surface area (Å²) in [5.74, 6) is 0. The van der Waals surface area contributed by atoms with Gasteiger partial charge in [0.2, 0.25) is 0 Å². The standard InChI is InChI=1S/C10H18N2O2S/c1-7-4-12-10(15-7)8(2)11-5-9(13)6-14-3/h4,8-9,11,13H,5-6H2,1-3H3/t8-,9+/m1/s1. The quantitative estimate of drug-likeness (QED) is 0.768. The molecule has 1 aromatic rings. The number of aliphatic hydroxyl groups is 1. The lowest BCUT2D eigenvalue weighted by Crippen LogP contribution is -2.31. The van der Waals surface area contributed by atoms with Gasteiger partial charge in [-0.1, -0.05) is 0 Å². The van der Waals surface area contributed by atoms with E-state index in [9.17, 15) is 5.11 Å². The van der Waals surface area contributed by atoms with Gasteiger partial charge in [0, 0.05) is 24.7 Å². The molecule has 1 heterocycles. The molecule has 0 aliphatic carbocycles. The van der Waals surface area contributed by atoms with Gasteiger partial charge in [0.05, 0.1) is 18.8 Å². The number of methoxy groups -OCH3 is 1. The molecule has 0 spiro atoms. The third-order valence-electron chi connectivity index (χ3n) is 2.03. The van der Waals surface area contributed by atoms with Gasteiger partial charge in [0.25, 0.3) is 0 Å². The second-order valence-corrected chi connectivity index (χ2v) is 4.81. The van der Waals surface area contributed by atoms with E-state index in [0.29, 0.717) is 13.2 Å². The van der Waals surface area contributed by atoms with Crippen molar-refractivity contribution in [3.05, 3.63) is 16.1 Å². The Labute approximate surface area is 94.3 Å². The summed E-state index contributed by atoms with van der Waals surface area (Å²) in [7, 11) is 1.58. The summed E-state index contributed by atoms with van der Waals surface area (Å²) in [6.07, 6.45) is 1.41. The molecule has 0 unspecified atom stereocenters. The molecule has 0 saturated carbocycles. The van der Waals surface area contributed by atoms with E-state index in [1.807, 2.05) is 20.0 Å². The highest BCUT2D eigenvalue weighted by Gasteiger charge is 2.10. The Bertz CT molecular complexity index is 291. The summed E-state index contributed by atoms with van der Waals surface area (Å²) in [5.41, 5.74) is 0. The molecule has 0 radical (unpaired) electrons. The van der Waals surface area contributed by atoms with Crippen molar-refractivity contribution >= 4 is 11.3 Å². The SMILES string of the molecule is COC[C@@H](O)CN[C@H](C)c1ncc(C)s1. The number of aryl methyl sites for hydroxylation is 1. The predicted molar refractivity (Wildman–Crippen MR) is 61.2 cm³/mol. The monoisotopic (exact) mass is 230 g/mol. The van der Waals surface area contributed by atoms with Crippen LogP contribution in [0.25, 0.3) is 0 Å². The van der Waals surface area contributed by atoms with E-state index in [-0.39, 0.29) is 6.04 Å². The van der Waals surface area contributed by atoms with Crippen LogP contribution in [0.1, 0.15) is 22.9 Å². The zero-order valence-electron chi connectivity index (χ0n) is 9.36. The first kappa shape index (κ1) is 12.6. The van der Waals surface area contributed by atoms with Crippen LogP contribution in [0.3, 0.4) is 0 Å². The van der Waals surface area contributed by atoms with Crippen molar-refractivity contribution in [1.82, 2.24) is 10.3 Å². The van der Waals surface area contributed by atoms with Crippen LogP contribution in [0.5, 0.6) is 0 Å². The minimum Gasteiger partial charge on any atom is -0.389 e. The molecule has 0 bridgehead atoms. The summed E-state index contributed by atoms with van der Waals surface area (Å²) in [5, 5.41) is 13.7. The van der Waals surface area contributed by atoms with Crippen LogP contribution in [0.2, 0.25) is 0 Å². The summed E-state index contributed by atoms with van der Waals surface area (Å²) in [6, 6.07) is 0.176. The van der Waals surface area contributed by atoms with Gasteiger partial charge in [-0.05, 0) is 13.8 Å². The normalized spacial score (nSPS) is 15.2. The highest BCUT2D eigenvalue weighted by molar-refractivity contribution is 7.11. The molecule has 0 aliphatic rings. The Morgan fingerprint density at radius 2 is 2.40 bits per heavy atom. The van der Waals surface area contributed by atoms with E-state index in [1.54, 1.807) is 18.4 Å². The van der Waals surface area contributed by atoms with Crippen LogP contribution in [0, 0.1) is 6.92 Å². The Balaban J connectivity index is 2.33. The largest absolute Gasteiger partial charge is 0.389 e. The molecule has 0 aliphatic heterocycles. The smallest absolute Gasteiger partial charge is 0.109 e. The maximum absolute atomic E-state index is 9.45. The lowest BCUT2D eigenvalue weighted by molar-refractivity contribution is 0.0630. The Hall–Kier alpha value is -0.490. The molecule has 0 amide bonds. The molecule has 1 aromatic heterocycles. The molecule has 0 saturated heterocycles. The van der Waals surface area contributed by atoms with Gasteiger partial charge >= 0.3 is 0 Å². The zero-order chi connectivity index (χ0) is 11.3. The first-order valence-corrected chi connectivity index (χ1v) is 5.78. The average Bonchev–Trinajstić information content (AvgIpc) is 2.62. The van der Waals surface area contributed by atoms with Crippen molar-refractivity contribution < 1.29 is 9.84 Å². The first-order chi connectivity index (χ1) is 7.13. The van der Waals surface area contributed by atoms with Crippen molar-refractivity contribution in [2.45, 2.75) is 26.0 Å². The number of nitrogens with zero attached hydrogens (tertiary/aromatic N) is 1. The topological polar surface area (TPSA) is 54.4 Å². The highest BCUT2D eigenvalue weighted by atomic mass is 32.1. The summed E-state index contributed by atoms with van der Waals surface area (Å²) < 4.78 is 4.84. The van der Waals surface area contributed by atoms with Gasteiger partial charge in [-0.2, -0.15) is 0 Å². The van der Waals surface area contributed by atoms with Gasteiger partial charge < -0.3 is 15.2 Å². The fourth-order valence-corrected chi connectivity index (χ4v) is 2.02. The first-order valence-electron chi connectivity index (χ1n) is 4.96. The number of aliphatic hydroxyl groups excluding tert-OH is 1. The molecular formula is C10H18N2O2S. The number of thiazole rings is 1. The molecule has 0 aromatic carbocycles. The van der Waals surface area contributed by atoms with Crippen LogP contribution < -0.4 is 5.32 Å². The fraction of sp³-hybridized carbons (Fsp3) is 0.700. The van der Waals surface area contributed by atoms with E-state index in [4.69, 9.17) is 4.74 Å². The fourth-order valence-electron chi connectivity index (χ4n) is 1.22. The van der Waals surface area contributed by atoms with E-state index in [2.05, 4.69) is 10.3 Å². The number of ether oxygens (including phenoxy) is 1. The molecule has 0 fully saturated rings. The molecule has 1 rings (SSSR count). The summed E-state index contributed by atoms with van der Waals surface area (Å²) in [6.45, 7) is 4.95. The minimum absolute atomic E-state index is 0.176. The number of hydrogen-bond acceptors (Lipinski definition) is 5. The molecule has 2 N–H and O–H groups in total. The lowest BCUT2D eigenvalue weighted by atomic mass is 10.3. The molecule has 2 atom stereocenters. The average molecular weight is 230 g/mol. The van der Waals surface area contributed by atoms with Crippen molar-refractivity contribution in [3.8, 4) is 0 Å². The van der Waals surface area contributed by atoms with Gasteiger partial charge in [-0.15, -0.1) is 11.3 Å². The van der Waals surface area contributed by atoms with Gasteiger partial charge in [-0.25, -0.2) is 4.98 Å². The minimum atomic E-state index is -0.460. The van der Waals surface area contributed by atoms with E-state index in [0.717, 1.165) is 5.01 Å². The second kappa shape index (κ2) is 6.17. The van der Waals surface area contributed by atoms with Crippen molar-refractivity contribution in [2.24, 2.45) is 0 Å². The van der Waals surface area contributed by atoms with Crippen LogP contribution in [0.15, 0.2) is 6.20 Å². The zero-order valence-corrected chi connectivity index (χ0v) is 10.2. The molecular weight excluding hydrogens is 212 g/mol. The van der Waals surface area contributed by atoms with E-state index >= 15 is 0 Å². The van der Waals surface area contributed by atoms with Crippen LogP contribution >= 0.6 is 11.3 Å². The lowest BCUT2D eigenvalue weighted by Gasteiger charge is -2.14. The Kier molecular flexibility index (Phi) is 5.17. The van der Waals surface area contributed by atoms with E-state index in [1.165, 1.54) is 4.88 Å². The van der Waals surface area contributed by atoms with E-state index < -0.39 is 6.10 Å². The van der Waals surface area contributed by atoms with Crippen molar-refractivity contribution in [2.75, 3.05) is 20.3 Å². The van der Waals surface area contributed by atoms with Gasteiger partial charge in [0.15, 0.2) is 0 Å². The highest BCUT2D eigenvalue weighted by Crippen LogP contribution is 2.18. The van der Waals surface area contributed by atoms with Gasteiger partial charge in [-0.3, -0.25) is 0 Å². The molecule has 4 nitrogen and oxygen atoms in total. The third-order valence-corrected chi connectivity index (χ3v) is 3.12. The maximum Gasteiger partial charge on any atom is 0.109 e. The van der Waals surface area contributed by atoms with Gasteiger partial charge in [0.1, 0.15) is 5.01 Å². The number of aromatic nitrogens is 1. The van der Waals surface area contributed by atoms with Crippen molar-refractivity contribution in [1.29, 1.82) is 0 Å².